The average Bonchev–Trinajstić information content (AvgIpc) is 2.62. The number of hydrogen-bond acceptors (Lipinski definition) is 4. The van der Waals surface area contributed by atoms with Crippen molar-refractivity contribution in [2.24, 2.45) is 0 Å². The molecule has 5 nitrogen and oxygen atoms in total. The van der Waals surface area contributed by atoms with Gasteiger partial charge in [-0.25, -0.2) is 4.79 Å². The van der Waals surface area contributed by atoms with Gasteiger partial charge in [-0.2, -0.15) is 0 Å². The van der Waals surface area contributed by atoms with Gasteiger partial charge in [-0.05, 0) is 55.0 Å². The molecular formula is C23H25NO4. The first-order valence-electron chi connectivity index (χ1n) is 9.42. The molecule has 0 spiro atoms. The third-order valence-corrected chi connectivity index (χ3v) is 5.06. The second-order valence-corrected chi connectivity index (χ2v) is 7.42. The molecule has 0 bridgehead atoms. The first-order chi connectivity index (χ1) is 13.3. The van der Waals surface area contributed by atoms with Crippen LogP contribution in [0.15, 0.2) is 45.6 Å². The molecule has 0 saturated heterocycles. The van der Waals surface area contributed by atoms with E-state index in [1.807, 2.05) is 32.0 Å². The zero-order valence-corrected chi connectivity index (χ0v) is 16.6. The van der Waals surface area contributed by atoms with Crippen molar-refractivity contribution in [3.63, 3.8) is 0 Å². The number of phenolic OH excluding ortho intramolecular Hbond substituents is 1. The molecular weight excluding hydrogens is 354 g/mol. The predicted octanol–water partition coefficient (Wildman–Crippen LogP) is 4.81. The number of benzene rings is 2. The fourth-order valence-electron chi connectivity index (χ4n) is 3.45. The van der Waals surface area contributed by atoms with Crippen molar-refractivity contribution >= 4 is 22.6 Å². The van der Waals surface area contributed by atoms with Gasteiger partial charge in [0.25, 0.3) is 0 Å². The van der Waals surface area contributed by atoms with Gasteiger partial charge in [-0.3, -0.25) is 4.79 Å². The van der Waals surface area contributed by atoms with Crippen LogP contribution in [0.2, 0.25) is 0 Å². The lowest BCUT2D eigenvalue weighted by Crippen LogP contribution is -2.18. The van der Waals surface area contributed by atoms with Gasteiger partial charge in [-0.1, -0.05) is 32.0 Å². The zero-order chi connectivity index (χ0) is 20.4. The molecule has 1 amide bonds. The van der Waals surface area contributed by atoms with E-state index in [4.69, 9.17) is 4.42 Å². The Balaban J connectivity index is 1.81. The van der Waals surface area contributed by atoms with Gasteiger partial charge in [0.1, 0.15) is 11.3 Å². The van der Waals surface area contributed by atoms with Gasteiger partial charge >= 0.3 is 5.63 Å². The number of aryl methyl sites for hydroxylation is 2. The predicted molar refractivity (Wildman–Crippen MR) is 111 cm³/mol. The Hall–Kier alpha value is -3.08. The van der Waals surface area contributed by atoms with E-state index in [1.165, 1.54) is 6.07 Å². The maximum atomic E-state index is 12.6. The summed E-state index contributed by atoms with van der Waals surface area (Å²) in [5.74, 6) is 0.198. The highest BCUT2D eigenvalue weighted by molar-refractivity contribution is 5.92. The van der Waals surface area contributed by atoms with Crippen LogP contribution in [0.4, 0.5) is 5.69 Å². The first-order valence-corrected chi connectivity index (χ1v) is 9.42. The Morgan fingerprint density at radius 2 is 1.93 bits per heavy atom. The second-order valence-electron chi connectivity index (χ2n) is 7.42. The lowest BCUT2D eigenvalue weighted by Gasteiger charge is -2.16. The SMILES string of the molecule is Cc1cccc(C(C)C)c1NC(=O)CCc1c(C)c2ccc(O)cc2oc1=O. The minimum Gasteiger partial charge on any atom is -0.508 e. The molecule has 0 saturated carbocycles. The molecule has 5 heteroatoms. The minimum atomic E-state index is -0.470. The van der Waals surface area contributed by atoms with E-state index in [1.54, 1.807) is 12.1 Å². The molecule has 0 atom stereocenters. The molecule has 1 heterocycles. The zero-order valence-electron chi connectivity index (χ0n) is 16.6. The molecule has 2 aromatic carbocycles. The number of phenols is 1. The molecule has 0 aliphatic heterocycles. The summed E-state index contributed by atoms with van der Waals surface area (Å²) in [6.45, 7) is 7.98. The normalized spacial score (nSPS) is 11.2. The third-order valence-electron chi connectivity index (χ3n) is 5.06. The summed E-state index contributed by atoms with van der Waals surface area (Å²) in [5.41, 5.74) is 4.09. The maximum absolute atomic E-state index is 12.6. The number of carbonyl (C=O) groups is 1. The molecule has 0 aliphatic carbocycles. The van der Waals surface area contributed by atoms with E-state index in [0.29, 0.717) is 23.5 Å². The molecule has 146 valence electrons. The van der Waals surface area contributed by atoms with E-state index >= 15 is 0 Å². The summed E-state index contributed by atoms with van der Waals surface area (Å²) in [6, 6.07) is 10.7. The lowest BCUT2D eigenvalue weighted by atomic mass is 9.98. The Labute approximate surface area is 164 Å². The van der Waals surface area contributed by atoms with E-state index in [0.717, 1.165) is 27.8 Å². The van der Waals surface area contributed by atoms with Crippen molar-refractivity contribution in [1.29, 1.82) is 0 Å². The summed E-state index contributed by atoms with van der Waals surface area (Å²) in [6.07, 6.45) is 0.473. The van der Waals surface area contributed by atoms with Crippen LogP contribution in [0.1, 0.15) is 48.4 Å². The highest BCUT2D eigenvalue weighted by atomic mass is 16.4. The Bertz CT molecular complexity index is 1100. The van der Waals surface area contributed by atoms with Crippen LogP contribution in [0, 0.1) is 13.8 Å². The molecule has 3 rings (SSSR count). The van der Waals surface area contributed by atoms with Gasteiger partial charge < -0.3 is 14.8 Å². The third kappa shape index (κ3) is 3.93. The highest BCUT2D eigenvalue weighted by Gasteiger charge is 2.15. The lowest BCUT2D eigenvalue weighted by molar-refractivity contribution is -0.116. The molecule has 1 aromatic heterocycles. The van der Waals surface area contributed by atoms with Crippen LogP contribution in [0.5, 0.6) is 5.75 Å². The van der Waals surface area contributed by atoms with Crippen LogP contribution < -0.4 is 10.9 Å². The van der Waals surface area contributed by atoms with Gasteiger partial charge in [0, 0.05) is 29.1 Å². The average molecular weight is 379 g/mol. The van der Waals surface area contributed by atoms with Gasteiger partial charge in [0.05, 0.1) is 0 Å². The summed E-state index contributed by atoms with van der Waals surface area (Å²) in [4.78, 5) is 24.9. The summed E-state index contributed by atoms with van der Waals surface area (Å²) in [7, 11) is 0. The van der Waals surface area contributed by atoms with Crippen molar-refractivity contribution in [3.05, 3.63) is 69.1 Å². The van der Waals surface area contributed by atoms with Crippen molar-refractivity contribution in [2.45, 2.75) is 46.5 Å². The number of fused-ring (bicyclic) bond motifs is 1. The maximum Gasteiger partial charge on any atom is 0.339 e. The van der Waals surface area contributed by atoms with Crippen LogP contribution in [0.25, 0.3) is 11.0 Å². The smallest absolute Gasteiger partial charge is 0.339 e. The van der Waals surface area contributed by atoms with Crippen molar-refractivity contribution in [3.8, 4) is 5.75 Å². The van der Waals surface area contributed by atoms with Crippen molar-refractivity contribution in [1.82, 2.24) is 0 Å². The molecule has 0 radical (unpaired) electrons. The number of amides is 1. The highest BCUT2D eigenvalue weighted by Crippen LogP contribution is 2.28. The Morgan fingerprint density at radius 1 is 1.18 bits per heavy atom. The Kier molecular flexibility index (Phi) is 5.54. The summed E-state index contributed by atoms with van der Waals surface area (Å²) < 4.78 is 5.33. The molecule has 0 fully saturated rings. The number of para-hydroxylation sites is 1. The number of nitrogens with one attached hydrogen (secondary N) is 1. The standard InChI is InChI=1S/C23H25NO4/c1-13(2)17-7-5-6-14(3)22(17)24-21(26)11-10-19-15(4)18-9-8-16(25)12-20(18)28-23(19)27/h5-9,12-13,25H,10-11H2,1-4H3,(H,24,26). The van der Waals surface area contributed by atoms with Crippen molar-refractivity contribution < 1.29 is 14.3 Å². The fourth-order valence-corrected chi connectivity index (χ4v) is 3.45. The topological polar surface area (TPSA) is 79.5 Å². The molecule has 28 heavy (non-hydrogen) atoms. The van der Waals surface area contributed by atoms with Crippen LogP contribution in [0.3, 0.4) is 0 Å². The largest absolute Gasteiger partial charge is 0.508 e. The van der Waals surface area contributed by atoms with Crippen LogP contribution >= 0.6 is 0 Å². The summed E-state index contributed by atoms with van der Waals surface area (Å²) in [5, 5.41) is 13.3. The monoisotopic (exact) mass is 379 g/mol. The number of aromatic hydroxyl groups is 1. The number of rotatable bonds is 5. The second kappa shape index (κ2) is 7.89. The quantitative estimate of drug-likeness (QED) is 0.624. The van der Waals surface area contributed by atoms with Gasteiger partial charge in [0.15, 0.2) is 0 Å². The first kappa shape index (κ1) is 19.7. The molecule has 2 N–H and O–H groups in total. The van der Waals surface area contributed by atoms with E-state index in [9.17, 15) is 14.7 Å². The number of anilines is 1. The molecule has 3 aromatic rings. The van der Waals surface area contributed by atoms with Crippen LogP contribution in [-0.2, 0) is 11.2 Å². The van der Waals surface area contributed by atoms with Gasteiger partial charge in [0.2, 0.25) is 5.91 Å². The van der Waals surface area contributed by atoms with Crippen molar-refractivity contribution in [2.75, 3.05) is 5.32 Å². The Morgan fingerprint density at radius 3 is 2.64 bits per heavy atom. The van der Waals surface area contributed by atoms with E-state index in [2.05, 4.69) is 19.2 Å². The van der Waals surface area contributed by atoms with E-state index in [-0.39, 0.29) is 18.1 Å². The fraction of sp³-hybridized carbons (Fsp3) is 0.304. The minimum absolute atomic E-state index is 0.0429. The van der Waals surface area contributed by atoms with Gasteiger partial charge in [-0.15, -0.1) is 0 Å². The van der Waals surface area contributed by atoms with E-state index < -0.39 is 5.63 Å². The van der Waals surface area contributed by atoms with Crippen LogP contribution in [-0.4, -0.2) is 11.0 Å². The number of carbonyl (C=O) groups excluding carboxylic acids is 1. The molecule has 0 unspecified atom stereocenters. The molecule has 0 aliphatic rings. The summed E-state index contributed by atoms with van der Waals surface area (Å²) >= 11 is 0. The number of hydrogen-bond donors (Lipinski definition) is 2.